The van der Waals surface area contributed by atoms with Gasteiger partial charge < -0.3 is 9.40 Å². The topological polar surface area (TPSA) is 70.4 Å². The summed E-state index contributed by atoms with van der Waals surface area (Å²) in [6.07, 6.45) is 4.66. The molecule has 0 aliphatic carbocycles. The zero-order valence-corrected chi connectivity index (χ0v) is 9.96. The van der Waals surface area contributed by atoms with E-state index < -0.39 is 0 Å². The van der Waals surface area contributed by atoms with Crippen LogP contribution in [-0.4, -0.2) is 17.1 Å². The van der Waals surface area contributed by atoms with E-state index in [1.54, 1.807) is 24.6 Å². The quantitative estimate of drug-likeness (QED) is 0.556. The molecule has 0 aliphatic rings. The van der Waals surface area contributed by atoms with Crippen molar-refractivity contribution in [3.05, 3.63) is 60.2 Å². The third-order valence-electron chi connectivity index (χ3n) is 2.73. The van der Waals surface area contributed by atoms with Crippen LogP contribution in [0.2, 0.25) is 0 Å². The Balaban J connectivity index is 1.77. The average molecular weight is 253 g/mol. The molecule has 5 heteroatoms. The molecule has 1 amide bonds. The number of nitrogens with zero attached hydrogens (tertiary/aromatic N) is 1. The first-order chi connectivity index (χ1) is 9.34. The summed E-state index contributed by atoms with van der Waals surface area (Å²) in [5.74, 6) is 0.319. The molecule has 94 valence electrons. The zero-order chi connectivity index (χ0) is 13.1. The fourth-order valence-corrected chi connectivity index (χ4v) is 1.84. The minimum absolute atomic E-state index is 0.264. The van der Waals surface area contributed by atoms with Gasteiger partial charge in [-0.3, -0.25) is 4.79 Å². The first-order valence-corrected chi connectivity index (χ1v) is 5.77. The summed E-state index contributed by atoms with van der Waals surface area (Å²) in [7, 11) is 0. The van der Waals surface area contributed by atoms with Crippen LogP contribution in [0, 0.1) is 0 Å². The molecule has 0 saturated carbocycles. The van der Waals surface area contributed by atoms with Crippen molar-refractivity contribution >= 4 is 23.0 Å². The number of hydrazone groups is 1. The van der Waals surface area contributed by atoms with Crippen molar-refractivity contribution in [3.8, 4) is 0 Å². The van der Waals surface area contributed by atoms with Gasteiger partial charge in [0.05, 0.1) is 18.0 Å². The van der Waals surface area contributed by atoms with Crippen molar-refractivity contribution < 1.29 is 9.21 Å². The van der Waals surface area contributed by atoms with Crippen LogP contribution in [-0.2, 0) is 0 Å². The third kappa shape index (κ3) is 2.26. The Kier molecular flexibility index (Phi) is 2.86. The number of nitrogens with one attached hydrogen (secondary N) is 2. The number of rotatable bonds is 3. The molecule has 3 rings (SSSR count). The monoisotopic (exact) mass is 253 g/mol. The van der Waals surface area contributed by atoms with E-state index in [0.29, 0.717) is 11.3 Å². The van der Waals surface area contributed by atoms with Crippen LogP contribution < -0.4 is 5.43 Å². The van der Waals surface area contributed by atoms with Crippen LogP contribution in [0.5, 0.6) is 0 Å². The Bertz CT molecular complexity index is 726. The highest BCUT2D eigenvalue weighted by Crippen LogP contribution is 2.17. The number of amides is 1. The lowest BCUT2D eigenvalue weighted by atomic mass is 10.2. The SMILES string of the molecule is O=C(N/N=C\c1ccco1)c1c[nH]c2ccccc12. The number of aromatic nitrogens is 1. The first kappa shape index (κ1) is 11.3. The largest absolute Gasteiger partial charge is 0.463 e. The predicted molar refractivity (Wildman–Crippen MR) is 72.1 cm³/mol. The molecule has 0 fully saturated rings. The molecule has 5 nitrogen and oxygen atoms in total. The number of fused-ring (bicyclic) bond motifs is 1. The van der Waals surface area contributed by atoms with E-state index in [9.17, 15) is 4.79 Å². The maximum absolute atomic E-state index is 12.0. The number of para-hydroxylation sites is 1. The average Bonchev–Trinajstić information content (AvgIpc) is 3.07. The fraction of sp³-hybridized carbons (Fsp3) is 0. The van der Waals surface area contributed by atoms with Crippen LogP contribution in [0.3, 0.4) is 0 Å². The van der Waals surface area contributed by atoms with Gasteiger partial charge in [-0.25, -0.2) is 5.43 Å². The van der Waals surface area contributed by atoms with E-state index in [-0.39, 0.29) is 5.91 Å². The summed E-state index contributed by atoms with van der Waals surface area (Å²) in [5.41, 5.74) is 3.95. The number of benzene rings is 1. The van der Waals surface area contributed by atoms with Gasteiger partial charge in [0.15, 0.2) is 0 Å². The normalized spacial score (nSPS) is 11.2. The lowest BCUT2D eigenvalue weighted by Gasteiger charge is -1.97. The second-order valence-corrected chi connectivity index (χ2v) is 3.96. The summed E-state index contributed by atoms with van der Waals surface area (Å²) in [4.78, 5) is 15.0. The predicted octanol–water partition coefficient (Wildman–Crippen LogP) is 2.52. The highest BCUT2D eigenvalue weighted by molar-refractivity contribution is 6.06. The van der Waals surface area contributed by atoms with Crippen LogP contribution in [0.4, 0.5) is 0 Å². The van der Waals surface area contributed by atoms with Crippen molar-refractivity contribution in [3.63, 3.8) is 0 Å². The van der Waals surface area contributed by atoms with Crippen LogP contribution in [0.25, 0.3) is 10.9 Å². The molecule has 0 aliphatic heterocycles. The van der Waals surface area contributed by atoms with E-state index in [4.69, 9.17) is 4.42 Å². The zero-order valence-electron chi connectivity index (χ0n) is 9.96. The van der Waals surface area contributed by atoms with Gasteiger partial charge in [0, 0.05) is 17.1 Å². The van der Waals surface area contributed by atoms with Gasteiger partial charge in [-0.15, -0.1) is 0 Å². The van der Waals surface area contributed by atoms with Gasteiger partial charge in [0.2, 0.25) is 0 Å². The first-order valence-electron chi connectivity index (χ1n) is 5.77. The van der Waals surface area contributed by atoms with E-state index >= 15 is 0 Å². The van der Waals surface area contributed by atoms with E-state index in [0.717, 1.165) is 10.9 Å². The van der Waals surface area contributed by atoms with Crippen molar-refractivity contribution in [2.45, 2.75) is 0 Å². The number of hydrogen-bond acceptors (Lipinski definition) is 3. The number of furan rings is 1. The molecule has 2 heterocycles. The van der Waals surface area contributed by atoms with Crippen LogP contribution in [0.15, 0.2) is 58.4 Å². The summed E-state index contributed by atoms with van der Waals surface area (Å²) in [6.45, 7) is 0. The summed E-state index contributed by atoms with van der Waals surface area (Å²) < 4.78 is 5.07. The summed E-state index contributed by atoms with van der Waals surface area (Å²) in [6, 6.07) is 11.1. The van der Waals surface area contributed by atoms with Crippen molar-refractivity contribution in [1.82, 2.24) is 10.4 Å². The molecule has 2 aromatic heterocycles. The Hall–Kier alpha value is -2.82. The molecule has 0 unspecified atom stereocenters. The third-order valence-corrected chi connectivity index (χ3v) is 2.73. The van der Waals surface area contributed by atoms with Gasteiger partial charge >= 0.3 is 0 Å². The van der Waals surface area contributed by atoms with E-state index in [1.165, 1.54) is 6.21 Å². The molecule has 1 aromatic carbocycles. The second-order valence-electron chi connectivity index (χ2n) is 3.96. The number of carbonyl (C=O) groups excluding carboxylic acids is 1. The summed E-state index contributed by atoms with van der Waals surface area (Å²) >= 11 is 0. The van der Waals surface area contributed by atoms with Gasteiger partial charge in [0.25, 0.3) is 5.91 Å². The molecule has 0 radical (unpaired) electrons. The number of aromatic amines is 1. The lowest BCUT2D eigenvalue weighted by molar-refractivity contribution is 0.0957. The summed E-state index contributed by atoms with van der Waals surface area (Å²) in [5, 5.41) is 4.71. The molecule has 0 bridgehead atoms. The number of carbonyl (C=O) groups is 1. The van der Waals surface area contributed by atoms with Gasteiger partial charge in [-0.05, 0) is 18.2 Å². The Labute approximate surface area is 108 Å². The van der Waals surface area contributed by atoms with Crippen molar-refractivity contribution in [2.75, 3.05) is 0 Å². The maximum atomic E-state index is 12.0. The molecule has 0 spiro atoms. The minimum Gasteiger partial charge on any atom is -0.463 e. The highest BCUT2D eigenvalue weighted by Gasteiger charge is 2.10. The van der Waals surface area contributed by atoms with Crippen LogP contribution in [0.1, 0.15) is 16.1 Å². The van der Waals surface area contributed by atoms with Crippen molar-refractivity contribution in [1.29, 1.82) is 0 Å². The smallest absolute Gasteiger partial charge is 0.273 e. The molecular formula is C14H11N3O2. The second kappa shape index (κ2) is 4.81. The Morgan fingerprint density at radius 1 is 1.26 bits per heavy atom. The Morgan fingerprint density at radius 2 is 2.16 bits per heavy atom. The fourth-order valence-electron chi connectivity index (χ4n) is 1.84. The van der Waals surface area contributed by atoms with E-state index in [2.05, 4.69) is 15.5 Å². The molecule has 2 N–H and O–H groups in total. The number of H-pyrrole nitrogens is 1. The molecular weight excluding hydrogens is 242 g/mol. The number of hydrogen-bond donors (Lipinski definition) is 2. The van der Waals surface area contributed by atoms with Gasteiger partial charge in [0.1, 0.15) is 5.76 Å². The molecule has 0 saturated heterocycles. The van der Waals surface area contributed by atoms with Gasteiger partial charge in [-0.1, -0.05) is 18.2 Å². The maximum Gasteiger partial charge on any atom is 0.273 e. The van der Waals surface area contributed by atoms with Crippen LogP contribution >= 0.6 is 0 Å². The molecule has 3 aromatic rings. The van der Waals surface area contributed by atoms with E-state index in [1.807, 2.05) is 24.3 Å². The van der Waals surface area contributed by atoms with Gasteiger partial charge in [-0.2, -0.15) is 5.10 Å². The lowest BCUT2D eigenvalue weighted by Crippen LogP contribution is -2.17. The van der Waals surface area contributed by atoms with Crippen molar-refractivity contribution in [2.24, 2.45) is 5.10 Å². The molecule has 19 heavy (non-hydrogen) atoms. The highest BCUT2D eigenvalue weighted by atomic mass is 16.3. The minimum atomic E-state index is -0.264. The Morgan fingerprint density at radius 3 is 3.00 bits per heavy atom. The standard InChI is InChI=1S/C14H11N3O2/c18-14(17-16-8-10-4-3-7-19-10)12-9-15-13-6-2-1-5-11(12)13/h1-9,15H,(H,17,18)/b16-8-. The molecule has 0 atom stereocenters.